The van der Waals surface area contributed by atoms with Gasteiger partial charge in [-0.05, 0) is 49.7 Å². The molecule has 2 aliphatic rings. The molecule has 0 aromatic heterocycles. The van der Waals surface area contributed by atoms with Crippen molar-refractivity contribution < 1.29 is 9.47 Å². The number of hydrogen-bond acceptors (Lipinski definition) is 3. The summed E-state index contributed by atoms with van der Waals surface area (Å²) in [7, 11) is 2.11. The van der Waals surface area contributed by atoms with E-state index in [0.717, 1.165) is 45.4 Å². The van der Waals surface area contributed by atoms with Crippen LogP contribution >= 0.6 is 0 Å². The van der Waals surface area contributed by atoms with Gasteiger partial charge in [0.2, 0.25) is 0 Å². The van der Waals surface area contributed by atoms with Gasteiger partial charge in [0.1, 0.15) is 0 Å². The summed E-state index contributed by atoms with van der Waals surface area (Å²) in [6.07, 6.45) is 14.4. The molecule has 0 N–H and O–H groups in total. The summed E-state index contributed by atoms with van der Waals surface area (Å²) in [6.45, 7) is 6.47. The van der Waals surface area contributed by atoms with Crippen LogP contribution in [0.25, 0.3) is 0 Å². The average Bonchev–Trinajstić information content (AvgIpc) is 2.69. The van der Waals surface area contributed by atoms with Crippen molar-refractivity contribution in [3.63, 3.8) is 0 Å². The van der Waals surface area contributed by atoms with Crippen LogP contribution in [0.1, 0.15) is 57.9 Å². The maximum absolute atomic E-state index is 6.18. The first-order valence-electron chi connectivity index (χ1n) is 10.6. The quantitative estimate of drug-likeness (QED) is 0.638. The Morgan fingerprint density at radius 1 is 0.889 bits per heavy atom. The summed E-state index contributed by atoms with van der Waals surface area (Å²) < 4.78 is 12.3. The summed E-state index contributed by atoms with van der Waals surface area (Å²) in [4.78, 5) is 2.20. The Hall–Kier alpha value is -1.58. The van der Waals surface area contributed by atoms with E-state index in [2.05, 4.69) is 60.6 Å². The normalized spacial score (nSPS) is 22.9. The van der Waals surface area contributed by atoms with Crippen LogP contribution in [0.15, 0.2) is 54.3 Å². The highest BCUT2D eigenvalue weighted by atomic mass is 16.5. The van der Waals surface area contributed by atoms with Crippen LogP contribution in [0.4, 0.5) is 0 Å². The first-order valence-corrected chi connectivity index (χ1v) is 10.6. The largest absolute Gasteiger partial charge is 0.376 e. The van der Waals surface area contributed by atoms with Crippen molar-refractivity contribution in [1.29, 1.82) is 0 Å². The van der Waals surface area contributed by atoms with Crippen molar-refractivity contribution in [2.24, 2.45) is 0 Å². The van der Waals surface area contributed by atoms with Gasteiger partial charge in [0.25, 0.3) is 0 Å². The highest BCUT2D eigenvalue weighted by molar-refractivity contribution is 5.22. The SMILES string of the molecule is CC.CN1C=C(COC2CCCC(OCc3ccccc3)CCC2)C=CC1. The topological polar surface area (TPSA) is 21.7 Å². The van der Waals surface area contributed by atoms with E-state index in [1.807, 2.05) is 13.8 Å². The molecule has 3 rings (SSSR count). The zero-order valence-electron chi connectivity index (χ0n) is 17.4. The van der Waals surface area contributed by atoms with Crippen LogP contribution in [0.5, 0.6) is 0 Å². The Morgan fingerprint density at radius 3 is 2.07 bits per heavy atom. The number of rotatable bonds is 6. The molecule has 1 saturated carbocycles. The number of benzene rings is 1. The lowest BCUT2D eigenvalue weighted by Crippen LogP contribution is -2.22. The van der Waals surface area contributed by atoms with Gasteiger partial charge in [-0.3, -0.25) is 0 Å². The molecule has 0 bridgehead atoms. The smallest absolute Gasteiger partial charge is 0.0734 e. The Bertz CT molecular complexity index is 557. The number of likely N-dealkylation sites (N-methyl/N-ethyl adjacent to an activating group) is 1. The average molecular weight is 372 g/mol. The molecule has 1 heterocycles. The van der Waals surface area contributed by atoms with Crippen molar-refractivity contribution in [1.82, 2.24) is 4.90 Å². The summed E-state index contributed by atoms with van der Waals surface area (Å²) >= 11 is 0. The lowest BCUT2D eigenvalue weighted by atomic mass is 9.96. The van der Waals surface area contributed by atoms with E-state index in [4.69, 9.17) is 9.47 Å². The fourth-order valence-corrected chi connectivity index (χ4v) is 3.61. The highest BCUT2D eigenvalue weighted by Gasteiger charge is 2.18. The van der Waals surface area contributed by atoms with Gasteiger partial charge in [-0.2, -0.15) is 0 Å². The molecular weight excluding hydrogens is 334 g/mol. The minimum atomic E-state index is 0.400. The molecule has 0 atom stereocenters. The van der Waals surface area contributed by atoms with Gasteiger partial charge in [0.05, 0.1) is 25.4 Å². The molecule has 0 radical (unpaired) electrons. The van der Waals surface area contributed by atoms with Crippen molar-refractivity contribution in [3.05, 3.63) is 59.8 Å². The van der Waals surface area contributed by atoms with Gasteiger partial charge in [-0.15, -0.1) is 0 Å². The zero-order chi connectivity index (χ0) is 19.3. The monoisotopic (exact) mass is 371 g/mol. The Kier molecular flexibility index (Phi) is 10.3. The molecule has 1 aromatic carbocycles. The third-order valence-corrected chi connectivity index (χ3v) is 5.03. The molecule has 1 aromatic rings. The lowest BCUT2D eigenvalue weighted by molar-refractivity contribution is 0.00132. The molecule has 3 heteroatoms. The van der Waals surface area contributed by atoms with Gasteiger partial charge < -0.3 is 14.4 Å². The standard InChI is InChI=1S/C22H31NO2.C2H6/c1-23-15-7-10-20(16-23)18-25-22-13-5-11-21(12-6-14-22)24-17-19-8-3-2-4-9-19;1-2/h2-4,7-10,16,21-22H,5-6,11-15,17-18H2,1H3;1-2H3. The van der Waals surface area contributed by atoms with Crippen LogP contribution in [-0.2, 0) is 16.1 Å². The molecule has 1 aliphatic carbocycles. The first-order chi connectivity index (χ1) is 13.3. The molecule has 150 valence electrons. The fourth-order valence-electron chi connectivity index (χ4n) is 3.61. The van der Waals surface area contributed by atoms with E-state index >= 15 is 0 Å². The van der Waals surface area contributed by atoms with Gasteiger partial charge in [-0.25, -0.2) is 0 Å². The van der Waals surface area contributed by atoms with Gasteiger partial charge in [-0.1, -0.05) is 56.3 Å². The van der Waals surface area contributed by atoms with Crippen LogP contribution in [0.3, 0.4) is 0 Å². The van der Waals surface area contributed by atoms with E-state index in [1.54, 1.807) is 0 Å². The molecule has 1 fully saturated rings. The van der Waals surface area contributed by atoms with Crippen LogP contribution in [0.2, 0.25) is 0 Å². The van der Waals surface area contributed by atoms with Gasteiger partial charge in [0, 0.05) is 19.8 Å². The molecular formula is C24H37NO2. The molecule has 27 heavy (non-hydrogen) atoms. The number of ether oxygens (including phenoxy) is 2. The first kappa shape index (κ1) is 21.7. The molecule has 3 nitrogen and oxygen atoms in total. The summed E-state index contributed by atoms with van der Waals surface area (Å²) in [5, 5.41) is 0. The molecule has 0 amide bonds. The van der Waals surface area contributed by atoms with Crippen molar-refractivity contribution in [2.75, 3.05) is 20.2 Å². The van der Waals surface area contributed by atoms with E-state index in [9.17, 15) is 0 Å². The third kappa shape index (κ3) is 8.32. The van der Waals surface area contributed by atoms with Crippen LogP contribution in [-0.4, -0.2) is 37.3 Å². The maximum Gasteiger partial charge on any atom is 0.0734 e. The van der Waals surface area contributed by atoms with Crippen molar-refractivity contribution in [3.8, 4) is 0 Å². The van der Waals surface area contributed by atoms with E-state index in [1.165, 1.54) is 24.0 Å². The molecule has 1 aliphatic heterocycles. The second-order valence-corrected chi connectivity index (χ2v) is 7.26. The Morgan fingerprint density at radius 2 is 1.48 bits per heavy atom. The second kappa shape index (κ2) is 12.7. The van der Waals surface area contributed by atoms with Gasteiger partial charge >= 0.3 is 0 Å². The third-order valence-electron chi connectivity index (χ3n) is 5.03. The van der Waals surface area contributed by atoms with E-state index in [-0.39, 0.29) is 0 Å². The van der Waals surface area contributed by atoms with E-state index < -0.39 is 0 Å². The minimum Gasteiger partial charge on any atom is -0.376 e. The molecule has 0 saturated heterocycles. The summed E-state index contributed by atoms with van der Waals surface area (Å²) in [5.74, 6) is 0. The maximum atomic E-state index is 6.18. The van der Waals surface area contributed by atoms with Crippen molar-refractivity contribution >= 4 is 0 Å². The Labute approximate surface area is 166 Å². The molecule has 0 unspecified atom stereocenters. The summed E-state index contributed by atoms with van der Waals surface area (Å²) in [6, 6.07) is 10.5. The number of nitrogens with zero attached hydrogens (tertiary/aromatic N) is 1. The highest BCUT2D eigenvalue weighted by Crippen LogP contribution is 2.23. The van der Waals surface area contributed by atoms with Crippen LogP contribution in [0, 0.1) is 0 Å². The second-order valence-electron chi connectivity index (χ2n) is 7.26. The summed E-state index contributed by atoms with van der Waals surface area (Å²) in [5.41, 5.74) is 2.55. The zero-order valence-corrected chi connectivity index (χ0v) is 17.4. The minimum absolute atomic E-state index is 0.400. The number of hydrogen-bond donors (Lipinski definition) is 0. The lowest BCUT2D eigenvalue weighted by Gasteiger charge is -2.26. The van der Waals surface area contributed by atoms with Crippen molar-refractivity contribution in [2.45, 2.75) is 71.2 Å². The molecule has 0 spiro atoms. The fraction of sp³-hybridized carbons (Fsp3) is 0.583. The predicted molar refractivity (Wildman–Crippen MR) is 114 cm³/mol. The van der Waals surface area contributed by atoms with Crippen LogP contribution < -0.4 is 0 Å². The van der Waals surface area contributed by atoms with Gasteiger partial charge in [0.15, 0.2) is 0 Å². The van der Waals surface area contributed by atoms with E-state index in [0.29, 0.717) is 12.2 Å². The predicted octanol–water partition coefficient (Wildman–Crippen LogP) is 5.72. The Balaban J connectivity index is 0.00000126.